The largest absolute Gasteiger partial charge is 0.330 e. The van der Waals surface area contributed by atoms with Crippen molar-refractivity contribution in [1.29, 1.82) is 0 Å². The molecule has 0 atom stereocenters. The van der Waals surface area contributed by atoms with E-state index >= 15 is 0 Å². The molecule has 1 heterocycles. The summed E-state index contributed by atoms with van der Waals surface area (Å²) in [5.74, 6) is -0.0000463. The lowest BCUT2D eigenvalue weighted by Gasteiger charge is -2.40. The molecule has 1 fully saturated rings. The molecule has 1 aliphatic carbocycles. The number of rotatable bonds is 4. The van der Waals surface area contributed by atoms with Crippen LogP contribution in [-0.2, 0) is 4.79 Å². The fraction of sp³-hybridized carbons (Fsp3) is 0.545. The zero-order valence-corrected chi connectivity index (χ0v) is 9.15. The number of nitrogens with one attached hydrogen (secondary N) is 1. The quantitative estimate of drug-likeness (QED) is 0.791. The molecule has 0 radical (unpaired) electrons. The van der Waals surface area contributed by atoms with Crippen LogP contribution in [-0.4, -0.2) is 22.4 Å². The second kappa shape index (κ2) is 4.57. The van der Waals surface area contributed by atoms with Gasteiger partial charge >= 0.3 is 0 Å². The van der Waals surface area contributed by atoms with Gasteiger partial charge in [0.1, 0.15) is 6.33 Å². The third-order valence-electron chi connectivity index (χ3n) is 3.23. The van der Waals surface area contributed by atoms with Gasteiger partial charge in [0.25, 0.3) is 0 Å². The normalized spacial score (nSPS) is 17.6. The number of carbonyl (C=O) groups is 1. The van der Waals surface area contributed by atoms with Crippen molar-refractivity contribution in [2.24, 2.45) is 11.1 Å². The third kappa shape index (κ3) is 2.36. The van der Waals surface area contributed by atoms with Crippen LogP contribution in [0.1, 0.15) is 25.7 Å². The van der Waals surface area contributed by atoms with Crippen molar-refractivity contribution in [3.05, 3.63) is 18.7 Å². The van der Waals surface area contributed by atoms with Crippen molar-refractivity contribution in [3.63, 3.8) is 0 Å². The smallest absolute Gasteiger partial charge is 0.225 e. The summed E-state index contributed by atoms with van der Waals surface area (Å²) < 4.78 is 0. The van der Waals surface area contributed by atoms with E-state index in [4.69, 9.17) is 5.73 Å². The van der Waals surface area contributed by atoms with Crippen LogP contribution >= 0.6 is 0 Å². The van der Waals surface area contributed by atoms with Crippen LogP contribution in [0.4, 0.5) is 5.69 Å². The maximum absolute atomic E-state index is 11.8. The topological polar surface area (TPSA) is 80.9 Å². The maximum atomic E-state index is 11.8. The highest BCUT2D eigenvalue weighted by Crippen LogP contribution is 2.42. The van der Waals surface area contributed by atoms with Gasteiger partial charge in [-0.05, 0) is 24.8 Å². The van der Waals surface area contributed by atoms with Gasteiger partial charge in [-0.3, -0.25) is 4.79 Å². The second-order valence-electron chi connectivity index (χ2n) is 4.41. The molecule has 0 saturated heterocycles. The zero-order chi connectivity index (χ0) is 11.4. The third-order valence-corrected chi connectivity index (χ3v) is 3.23. The molecule has 1 aromatic rings. The minimum Gasteiger partial charge on any atom is -0.330 e. The van der Waals surface area contributed by atoms with Gasteiger partial charge in [0, 0.05) is 6.42 Å². The Morgan fingerprint density at radius 2 is 2.12 bits per heavy atom. The summed E-state index contributed by atoms with van der Waals surface area (Å²) in [6, 6.07) is 0. The van der Waals surface area contributed by atoms with Crippen LogP contribution in [0, 0.1) is 5.41 Å². The summed E-state index contributed by atoms with van der Waals surface area (Å²) in [4.78, 5) is 19.4. The summed E-state index contributed by atoms with van der Waals surface area (Å²) in [6.45, 7) is 0.589. The van der Waals surface area contributed by atoms with Gasteiger partial charge in [-0.1, -0.05) is 6.42 Å². The average Bonchev–Trinajstić information content (AvgIpc) is 2.25. The average molecular weight is 220 g/mol. The number of nitrogens with two attached hydrogens (primary N) is 1. The van der Waals surface area contributed by atoms with Gasteiger partial charge in [0.05, 0.1) is 18.1 Å². The molecule has 5 nitrogen and oxygen atoms in total. The van der Waals surface area contributed by atoms with Crippen molar-refractivity contribution >= 4 is 11.6 Å². The highest BCUT2D eigenvalue weighted by Gasteiger charge is 2.37. The summed E-state index contributed by atoms with van der Waals surface area (Å²) in [5, 5.41) is 2.78. The summed E-state index contributed by atoms with van der Waals surface area (Å²) >= 11 is 0. The van der Waals surface area contributed by atoms with E-state index in [1.165, 1.54) is 12.7 Å². The molecule has 0 bridgehead atoms. The van der Waals surface area contributed by atoms with Crippen molar-refractivity contribution in [2.45, 2.75) is 25.7 Å². The van der Waals surface area contributed by atoms with E-state index in [-0.39, 0.29) is 11.3 Å². The molecule has 86 valence electrons. The first kappa shape index (κ1) is 11.0. The van der Waals surface area contributed by atoms with Crippen LogP contribution in [0.5, 0.6) is 0 Å². The molecule has 0 aromatic carbocycles. The molecule has 1 aromatic heterocycles. The van der Waals surface area contributed by atoms with E-state index in [1.54, 1.807) is 12.4 Å². The molecule has 0 unspecified atom stereocenters. The Kier molecular flexibility index (Phi) is 3.14. The Morgan fingerprint density at radius 1 is 1.44 bits per heavy atom. The minimum absolute atomic E-state index is 0.0000463. The monoisotopic (exact) mass is 220 g/mol. The van der Waals surface area contributed by atoms with Crippen molar-refractivity contribution < 1.29 is 4.79 Å². The van der Waals surface area contributed by atoms with Crippen molar-refractivity contribution in [2.75, 3.05) is 11.9 Å². The fourth-order valence-electron chi connectivity index (χ4n) is 2.04. The summed E-state index contributed by atoms with van der Waals surface area (Å²) in [5.41, 5.74) is 6.39. The molecule has 16 heavy (non-hydrogen) atoms. The lowest BCUT2D eigenvalue weighted by atomic mass is 9.66. The molecule has 1 aliphatic rings. The highest BCUT2D eigenvalue weighted by molar-refractivity contribution is 5.90. The van der Waals surface area contributed by atoms with Crippen LogP contribution in [0.3, 0.4) is 0 Å². The zero-order valence-electron chi connectivity index (χ0n) is 9.15. The van der Waals surface area contributed by atoms with Crippen LogP contribution < -0.4 is 11.1 Å². The Labute approximate surface area is 94.5 Å². The molecule has 0 spiro atoms. The second-order valence-corrected chi connectivity index (χ2v) is 4.41. The van der Waals surface area contributed by atoms with Gasteiger partial charge < -0.3 is 11.1 Å². The lowest BCUT2D eigenvalue weighted by molar-refractivity contribution is -0.119. The number of amides is 1. The summed E-state index contributed by atoms with van der Waals surface area (Å²) in [6.07, 6.45) is 8.40. The first-order chi connectivity index (χ1) is 7.74. The summed E-state index contributed by atoms with van der Waals surface area (Å²) in [7, 11) is 0. The Hall–Kier alpha value is -1.49. The van der Waals surface area contributed by atoms with Crippen LogP contribution in [0.15, 0.2) is 18.7 Å². The molecular weight excluding hydrogens is 204 g/mol. The van der Waals surface area contributed by atoms with E-state index < -0.39 is 0 Å². The molecule has 3 N–H and O–H groups in total. The SMILES string of the molecule is NCC1(CC(=O)Nc2cncnc2)CCC1. The predicted octanol–water partition coefficient (Wildman–Crippen LogP) is 0.934. The van der Waals surface area contributed by atoms with Gasteiger partial charge in [-0.25, -0.2) is 9.97 Å². The minimum atomic E-state index is -0.0000463. The predicted molar refractivity (Wildman–Crippen MR) is 60.6 cm³/mol. The molecule has 2 rings (SSSR count). The van der Waals surface area contributed by atoms with Gasteiger partial charge in [-0.2, -0.15) is 0 Å². The van der Waals surface area contributed by atoms with E-state index in [0.717, 1.165) is 12.8 Å². The Morgan fingerprint density at radius 3 is 2.62 bits per heavy atom. The number of aromatic nitrogens is 2. The Balaban J connectivity index is 1.89. The van der Waals surface area contributed by atoms with Gasteiger partial charge in [-0.15, -0.1) is 0 Å². The van der Waals surface area contributed by atoms with E-state index in [0.29, 0.717) is 18.7 Å². The first-order valence-corrected chi connectivity index (χ1v) is 5.49. The number of hydrogen-bond donors (Lipinski definition) is 2. The molecule has 5 heteroatoms. The van der Waals surface area contributed by atoms with Crippen LogP contribution in [0.2, 0.25) is 0 Å². The van der Waals surface area contributed by atoms with E-state index in [9.17, 15) is 4.79 Å². The molecule has 1 amide bonds. The standard InChI is InChI=1S/C11H16N4O/c12-7-11(2-1-3-11)4-10(16)15-9-5-13-8-14-6-9/h5-6,8H,1-4,7,12H2,(H,15,16). The lowest BCUT2D eigenvalue weighted by Crippen LogP contribution is -2.40. The fourth-order valence-corrected chi connectivity index (χ4v) is 2.04. The van der Waals surface area contributed by atoms with Gasteiger partial charge in [0.15, 0.2) is 0 Å². The van der Waals surface area contributed by atoms with Crippen molar-refractivity contribution in [3.8, 4) is 0 Å². The van der Waals surface area contributed by atoms with Gasteiger partial charge in [0.2, 0.25) is 5.91 Å². The number of nitrogens with zero attached hydrogens (tertiary/aromatic N) is 2. The van der Waals surface area contributed by atoms with Crippen LogP contribution in [0.25, 0.3) is 0 Å². The molecule has 0 aliphatic heterocycles. The maximum Gasteiger partial charge on any atom is 0.225 e. The highest BCUT2D eigenvalue weighted by atomic mass is 16.1. The molecule has 1 saturated carbocycles. The number of anilines is 1. The number of carbonyl (C=O) groups excluding carboxylic acids is 1. The Bertz CT molecular complexity index is 356. The first-order valence-electron chi connectivity index (χ1n) is 5.49. The van der Waals surface area contributed by atoms with E-state index in [1.807, 2.05) is 0 Å². The van der Waals surface area contributed by atoms with E-state index in [2.05, 4.69) is 15.3 Å². The molecular formula is C11H16N4O. The van der Waals surface area contributed by atoms with Crippen molar-refractivity contribution in [1.82, 2.24) is 9.97 Å². The number of hydrogen-bond acceptors (Lipinski definition) is 4.